The van der Waals surface area contributed by atoms with Gasteiger partial charge in [-0.3, -0.25) is 0 Å². The molecular weight excluding hydrogens is 252 g/mol. The van der Waals surface area contributed by atoms with E-state index in [0.717, 1.165) is 4.90 Å². The molecule has 0 spiro atoms. The molecule has 0 amide bonds. The summed E-state index contributed by atoms with van der Waals surface area (Å²) in [7, 11) is 2.99. The van der Waals surface area contributed by atoms with Gasteiger partial charge in [-0.1, -0.05) is 0 Å². The van der Waals surface area contributed by atoms with Crippen LogP contribution in [0.1, 0.15) is 17.3 Å². The Morgan fingerprint density at radius 2 is 2.11 bits per heavy atom. The molecule has 1 rings (SSSR count). The van der Waals surface area contributed by atoms with E-state index < -0.39 is 0 Å². The molecule has 18 heavy (non-hydrogen) atoms. The maximum absolute atomic E-state index is 11.5. The van der Waals surface area contributed by atoms with E-state index in [0.29, 0.717) is 17.9 Å². The van der Waals surface area contributed by atoms with E-state index in [2.05, 4.69) is 0 Å². The third-order valence-electron chi connectivity index (χ3n) is 2.31. The van der Waals surface area contributed by atoms with Crippen LogP contribution in [0.5, 0.6) is 5.75 Å². The summed E-state index contributed by atoms with van der Waals surface area (Å²) >= 11 is 1.57. The van der Waals surface area contributed by atoms with Crippen molar-refractivity contribution >= 4 is 17.7 Å². The third kappa shape index (κ3) is 3.92. The van der Waals surface area contributed by atoms with Crippen LogP contribution in [0.2, 0.25) is 0 Å². The van der Waals surface area contributed by atoms with Gasteiger partial charge < -0.3 is 14.2 Å². The molecule has 0 radical (unpaired) electrons. The Balaban J connectivity index is 2.95. The smallest absolute Gasteiger partial charge is 0.337 e. The van der Waals surface area contributed by atoms with Crippen molar-refractivity contribution in [3.63, 3.8) is 0 Å². The van der Waals surface area contributed by atoms with Gasteiger partial charge in [0, 0.05) is 12.0 Å². The van der Waals surface area contributed by atoms with E-state index in [-0.39, 0.29) is 12.1 Å². The summed E-state index contributed by atoms with van der Waals surface area (Å²) < 4.78 is 15.5. The average molecular weight is 270 g/mol. The van der Waals surface area contributed by atoms with Gasteiger partial charge in [-0.2, -0.15) is 0 Å². The second-order valence-corrected chi connectivity index (χ2v) is 4.59. The SMILES string of the molecule is COCC(C)Oc1cc(C(=O)OC)ccc1SC. The van der Waals surface area contributed by atoms with Crippen molar-refractivity contribution < 1.29 is 19.0 Å². The standard InChI is InChI=1S/C13H18O4S/c1-9(8-15-2)17-11-7-10(13(14)16-3)5-6-12(11)18-4/h5-7,9H,8H2,1-4H3. The molecule has 1 aromatic carbocycles. The van der Waals surface area contributed by atoms with E-state index in [1.807, 2.05) is 19.2 Å². The fourth-order valence-corrected chi connectivity index (χ4v) is 2.01. The van der Waals surface area contributed by atoms with Crippen molar-refractivity contribution in [3.8, 4) is 5.75 Å². The minimum absolute atomic E-state index is 0.0752. The number of carbonyl (C=O) groups excluding carboxylic acids is 1. The molecule has 4 nitrogen and oxygen atoms in total. The van der Waals surface area contributed by atoms with Crippen LogP contribution in [0, 0.1) is 0 Å². The normalized spacial score (nSPS) is 12.0. The monoisotopic (exact) mass is 270 g/mol. The lowest BCUT2D eigenvalue weighted by molar-refractivity contribution is 0.0598. The minimum atomic E-state index is -0.369. The molecule has 0 saturated heterocycles. The highest BCUT2D eigenvalue weighted by atomic mass is 32.2. The lowest BCUT2D eigenvalue weighted by Crippen LogP contribution is -2.18. The van der Waals surface area contributed by atoms with E-state index in [9.17, 15) is 4.79 Å². The lowest BCUT2D eigenvalue weighted by Gasteiger charge is -2.16. The van der Waals surface area contributed by atoms with Crippen molar-refractivity contribution in [2.75, 3.05) is 27.1 Å². The molecule has 0 saturated carbocycles. The molecule has 0 N–H and O–H groups in total. The van der Waals surface area contributed by atoms with Crippen LogP contribution in [0.4, 0.5) is 0 Å². The maximum atomic E-state index is 11.5. The molecule has 0 aliphatic heterocycles. The molecule has 0 bridgehead atoms. The quantitative estimate of drug-likeness (QED) is 0.587. The van der Waals surface area contributed by atoms with Gasteiger partial charge in [-0.25, -0.2) is 4.79 Å². The zero-order valence-corrected chi connectivity index (χ0v) is 11.9. The molecule has 5 heteroatoms. The van der Waals surface area contributed by atoms with E-state index >= 15 is 0 Å². The highest BCUT2D eigenvalue weighted by molar-refractivity contribution is 7.98. The fraction of sp³-hybridized carbons (Fsp3) is 0.462. The average Bonchev–Trinajstić information content (AvgIpc) is 2.38. The first-order chi connectivity index (χ1) is 8.62. The number of rotatable bonds is 6. The number of carbonyl (C=O) groups is 1. The molecule has 0 aliphatic carbocycles. The summed E-state index contributed by atoms with van der Waals surface area (Å²) in [6, 6.07) is 5.28. The lowest BCUT2D eigenvalue weighted by atomic mass is 10.2. The predicted octanol–water partition coefficient (Wildman–Crippen LogP) is 2.61. The number of esters is 1. The highest BCUT2D eigenvalue weighted by Crippen LogP contribution is 2.29. The summed E-state index contributed by atoms with van der Waals surface area (Å²) in [5.74, 6) is 0.307. The third-order valence-corrected chi connectivity index (χ3v) is 3.09. The molecule has 0 aliphatic rings. The number of benzene rings is 1. The number of methoxy groups -OCH3 is 2. The zero-order valence-electron chi connectivity index (χ0n) is 11.1. The molecule has 100 valence electrons. The van der Waals surface area contributed by atoms with Crippen LogP contribution >= 0.6 is 11.8 Å². The molecular formula is C13H18O4S. The number of ether oxygens (including phenoxy) is 3. The second-order valence-electron chi connectivity index (χ2n) is 3.74. The summed E-state index contributed by atoms with van der Waals surface area (Å²) in [5.41, 5.74) is 0.481. The van der Waals surface area contributed by atoms with Crippen LogP contribution in [-0.2, 0) is 9.47 Å². The van der Waals surface area contributed by atoms with Crippen molar-refractivity contribution in [1.82, 2.24) is 0 Å². The molecule has 1 unspecified atom stereocenters. The number of hydrogen-bond acceptors (Lipinski definition) is 5. The van der Waals surface area contributed by atoms with E-state index in [1.165, 1.54) is 7.11 Å². The Morgan fingerprint density at radius 3 is 2.67 bits per heavy atom. The van der Waals surface area contributed by atoms with Crippen molar-refractivity contribution in [3.05, 3.63) is 23.8 Å². The van der Waals surface area contributed by atoms with Crippen molar-refractivity contribution in [1.29, 1.82) is 0 Å². The van der Waals surface area contributed by atoms with Gasteiger partial charge in [0.25, 0.3) is 0 Å². The molecule has 1 aromatic rings. The first-order valence-electron chi connectivity index (χ1n) is 5.54. The number of hydrogen-bond donors (Lipinski definition) is 0. The van der Waals surface area contributed by atoms with Crippen LogP contribution in [0.3, 0.4) is 0 Å². The van der Waals surface area contributed by atoms with Gasteiger partial charge in [0.15, 0.2) is 0 Å². The molecule has 0 fully saturated rings. The topological polar surface area (TPSA) is 44.8 Å². The summed E-state index contributed by atoms with van der Waals surface area (Å²) in [6.45, 7) is 2.41. The van der Waals surface area contributed by atoms with E-state index in [1.54, 1.807) is 31.0 Å². The Labute approximate surface area is 112 Å². The van der Waals surface area contributed by atoms with E-state index in [4.69, 9.17) is 14.2 Å². The molecule has 0 heterocycles. The number of thioether (sulfide) groups is 1. The van der Waals surface area contributed by atoms with Crippen molar-refractivity contribution in [2.24, 2.45) is 0 Å². The summed E-state index contributed by atoms with van der Waals surface area (Å²) in [4.78, 5) is 12.4. The Hall–Kier alpha value is -1.20. The Kier molecular flexibility index (Phi) is 6.01. The maximum Gasteiger partial charge on any atom is 0.337 e. The van der Waals surface area contributed by atoms with Gasteiger partial charge in [0.1, 0.15) is 11.9 Å². The first kappa shape index (κ1) is 14.9. The fourth-order valence-electron chi connectivity index (χ4n) is 1.50. The molecule has 0 aromatic heterocycles. The minimum Gasteiger partial charge on any atom is -0.487 e. The van der Waals surface area contributed by atoms with Crippen LogP contribution in [-0.4, -0.2) is 39.2 Å². The van der Waals surface area contributed by atoms with Crippen LogP contribution in [0.25, 0.3) is 0 Å². The van der Waals surface area contributed by atoms with Gasteiger partial charge in [0.05, 0.1) is 19.3 Å². The van der Waals surface area contributed by atoms with Crippen LogP contribution < -0.4 is 4.74 Å². The summed E-state index contributed by atoms with van der Waals surface area (Å²) in [5, 5.41) is 0. The first-order valence-corrected chi connectivity index (χ1v) is 6.76. The predicted molar refractivity (Wildman–Crippen MR) is 71.5 cm³/mol. The van der Waals surface area contributed by atoms with Gasteiger partial charge in [0.2, 0.25) is 0 Å². The zero-order chi connectivity index (χ0) is 13.5. The largest absolute Gasteiger partial charge is 0.487 e. The Morgan fingerprint density at radius 1 is 1.39 bits per heavy atom. The Bertz CT molecular complexity index is 406. The summed E-state index contributed by atoms with van der Waals surface area (Å²) in [6.07, 6.45) is 1.88. The highest BCUT2D eigenvalue weighted by Gasteiger charge is 2.12. The van der Waals surface area contributed by atoms with Gasteiger partial charge in [-0.05, 0) is 31.4 Å². The second kappa shape index (κ2) is 7.28. The van der Waals surface area contributed by atoms with Crippen LogP contribution in [0.15, 0.2) is 23.1 Å². The van der Waals surface area contributed by atoms with Crippen molar-refractivity contribution in [2.45, 2.75) is 17.9 Å². The van der Waals surface area contributed by atoms with Gasteiger partial charge in [-0.15, -0.1) is 11.8 Å². The van der Waals surface area contributed by atoms with Gasteiger partial charge >= 0.3 is 5.97 Å². The molecule has 1 atom stereocenters.